The molecule has 0 aromatic heterocycles. The maximum absolute atomic E-state index is 12.9. The number of benzene rings is 1. The van der Waals surface area contributed by atoms with Gasteiger partial charge in [0.05, 0.1) is 17.5 Å². The number of carbonyl (C=O) groups excluding carboxylic acids is 2. The van der Waals surface area contributed by atoms with Crippen molar-refractivity contribution in [3.8, 4) is 12.3 Å². The van der Waals surface area contributed by atoms with Gasteiger partial charge in [-0.05, 0) is 31.2 Å². The van der Waals surface area contributed by atoms with Crippen molar-refractivity contribution in [2.75, 3.05) is 13.2 Å². The van der Waals surface area contributed by atoms with E-state index < -0.39 is 46.5 Å². The van der Waals surface area contributed by atoms with Crippen molar-refractivity contribution in [2.45, 2.75) is 24.0 Å². The third kappa shape index (κ3) is 6.50. The smallest absolute Gasteiger partial charge is 0.327 e. The van der Waals surface area contributed by atoms with Crippen LogP contribution >= 0.6 is 0 Å². The number of terminal acetylenes is 1. The third-order valence-corrected chi connectivity index (χ3v) is 4.33. The van der Waals surface area contributed by atoms with E-state index in [0.29, 0.717) is 0 Å². The highest BCUT2D eigenvalue weighted by Crippen LogP contribution is 2.11. The standard InChI is InChI=1S/C15H17FN2O6S/c1-3-8-17-13(20)9-24-15(21)14(10(2)19)18-25(22,23)12-6-4-11(16)5-7-12/h1,4-7,10,14,18-19H,8-9H2,2H3,(H,17,20)/t10-,14-/m0/s1. The fraction of sp³-hybridized carbons (Fsp3) is 0.333. The van der Waals surface area contributed by atoms with Crippen LogP contribution in [0.25, 0.3) is 0 Å². The summed E-state index contributed by atoms with van der Waals surface area (Å²) < 4.78 is 43.9. The average molecular weight is 372 g/mol. The number of amides is 1. The van der Waals surface area contributed by atoms with Gasteiger partial charge < -0.3 is 15.2 Å². The second kappa shape index (κ2) is 9.12. The van der Waals surface area contributed by atoms with Crippen LogP contribution in [-0.2, 0) is 24.3 Å². The summed E-state index contributed by atoms with van der Waals surface area (Å²) in [5.74, 6) is -0.325. The summed E-state index contributed by atoms with van der Waals surface area (Å²) in [6, 6.07) is 2.20. The van der Waals surface area contributed by atoms with E-state index in [1.54, 1.807) is 0 Å². The van der Waals surface area contributed by atoms with Gasteiger partial charge in [0.1, 0.15) is 11.9 Å². The molecule has 0 heterocycles. The summed E-state index contributed by atoms with van der Waals surface area (Å²) in [5, 5.41) is 11.9. The van der Waals surface area contributed by atoms with Crippen LogP contribution in [0.2, 0.25) is 0 Å². The van der Waals surface area contributed by atoms with Crippen LogP contribution in [0.1, 0.15) is 6.92 Å². The van der Waals surface area contributed by atoms with E-state index in [2.05, 4.69) is 16.0 Å². The lowest BCUT2D eigenvalue weighted by Gasteiger charge is -2.19. The number of aliphatic hydroxyl groups is 1. The molecule has 0 aliphatic rings. The van der Waals surface area contributed by atoms with Crippen molar-refractivity contribution < 1.29 is 32.2 Å². The van der Waals surface area contributed by atoms with Gasteiger partial charge in [-0.25, -0.2) is 12.8 Å². The van der Waals surface area contributed by atoms with Crippen molar-refractivity contribution in [1.82, 2.24) is 10.0 Å². The van der Waals surface area contributed by atoms with Crippen LogP contribution in [0.4, 0.5) is 4.39 Å². The van der Waals surface area contributed by atoms with Gasteiger partial charge in [0, 0.05) is 0 Å². The largest absolute Gasteiger partial charge is 0.454 e. The molecule has 0 bridgehead atoms. The predicted molar refractivity (Wildman–Crippen MR) is 85.0 cm³/mol. The second-order valence-corrected chi connectivity index (χ2v) is 6.60. The molecule has 0 aliphatic heterocycles. The quantitative estimate of drug-likeness (QED) is 0.404. The number of nitrogens with one attached hydrogen (secondary N) is 2. The minimum absolute atomic E-state index is 0.0621. The van der Waals surface area contributed by atoms with Gasteiger partial charge in [0.15, 0.2) is 6.61 Å². The molecule has 1 aromatic rings. The minimum Gasteiger partial charge on any atom is -0.454 e. The Kier molecular flexibility index (Phi) is 7.50. The molecule has 0 aliphatic carbocycles. The number of ether oxygens (including phenoxy) is 1. The number of hydrogen-bond acceptors (Lipinski definition) is 6. The lowest BCUT2D eigenvalue weighted by Crippen LogP contribution is -2.49. The normalized spacial score (nSPS) is 13.4. The number of esters is 1. The Labute approximate surface area is 144 Å². The van der Waals surface area contributed by atoms with Crippen molar-refractivity contribution in [3.05, 3.63) is 30.1 Å². The molecule has 0 spiro atoms. The molecule has 10 heteroatoms. The molecule has 8 nitrogen and oxygen atoms in total. The first-order valence-electron chi connectivity index (χ1n) is 7.00. The van der Waals surface area contributed by atoms with E-state index >= 15 is 0 Å². The van der Waals surface area contributed by atoms with Crippen LogP contribution in [0.15, 0.2) is 29.2 Å². The third-order valence-electron chi connectivity index (χ3n) is 2.88. The Morgan fingerprint density at radius 2 is 1.96 bits per heavy atom. The van der Waals surface area contributed by atoms with Crippen LogP contribution < -0.4 is 10.0 Å². The molecule has 1 aromatic carbocycles. The number of halogens is 1. The first kappa shape index (κ1) is 20.6. The topological polar surface area (TPSA) is 122 Å². The van der Waals surface area contributed by atoms with Gasteiger partial charge in [0.2, 0.25) is 10.0 Å². The lowest BCUT2D eigenvalue weighted by atomic mass is 10.2. The fourth-order valence-electron chi connectivity index (χ4n) is 1.62. The zero-order valence-electron chi connectivity index (χ0n) is 13.2. The van der Waals surface area contributed by atoms with Gasteiger partial charge >= 0.3 is 5.97 Å². The molecule has 0 saturated heterocycles. The zero-order valence-corrected chi connectivity index (χ0v) is 14.0. The van der Waals surface area contributed by atoms with Crippen LogP contribution in [0.3, 0.4) is 0 Å². The Hall–Kier alpha value is -2.48. The minimum atomic E-state index is -4.22. The van der Waals surface area contributed by atoms with E-state index in [1.165, 1.54) is 0 Å². The molecule has 0 radical (unpaired) electrons. The van der Waals surface area contributed by atoms with Gasteiger partial charge in [-0.3, -0.25) is 9.59 Å². The summed E-state index contributed by atoms with van der Waals surface area (Å²) >= 11 is 0. The summed E-state index contributed by atoms with van der Waals surface area (Å²) in [7, 11) is -4.22. The second-order valence-electron chi connectivity index (χ2n) is 4.88. The van der Waals surface area contributed by atoms with E-state index in [0.717, 1.165) is 31.2 Å². The monoisotopic (exact) mass is 372 g/mol. The Bertz CT molecular complexity index is 755. The molecule has 0 saturated carbocycles. The molecule has 1 rings (SSSR count). The maximum Gasteiger partial charge on any atom is 0.327 e. The van der Waals surface area contributed by atoms with Crippen molar-refractivity contribution in [1.29, 1.82) is 0 Å². The summed E-state index contributed by atoms with van der Waals surface area (Å²) in [6.45, 7) is 0.410. The van der Waals surface area contributed by atoms with Crippen LogP contribution in [0.5, 0.6) is 0 Å². The van der Waals surface area contributed by atoms with Crippen molar-refractivity contribution in [2.24, 2.45) is 0 Å². The summed E-state index contributed by atoms with van der Waals surface area (Å²) in [6.07, 6.45) is 3.50. The molecule has 1 amide bonds. The number of aliphatic hydroxyl groups excluding tert-OH is 1. The van der Waals surface area contributed by atoms with E-state index in [4.69, 9.17) is 6.42 Å². The van der Waals surface area contributed by atoms with Crippen molar-refractivity contribution >= 4 is 21.9 Å². The molecule has 25 heavy (non-hydrogen) atoms. The van der Waals surface area contributed by atoms with Gasteiger partial charge in [0.25, 0.3) is 5.91 Å². The Morgan fingerprint density at radius 3 is 2.48 bits per heavy atom. The highest BCUT2D eigenvalue weighted by molar-refractivity contribution is 7.89. The van der Waals surface area contributed by atoms with E-state index in [9.17, 15) is 27.5 Å². The number of rotatable bonds is 8. The van der Waals surface area contributed by atoms with Gasteiger partial charge in [-0.2, -0.15) is 4.72 Å². The van der Waals surface area contributed by atoms with Crippen LogP contribution in [-0.4, -0.2) is 50.7 Å². The number of sulfonamides is 1. The molecule has 0 unspecified atom stereocenters. The van der Waals surface area contributed by atoms with Gasteiger partial charge in [-0.15, -0.1) is 6.42 Å². The van der Waals surface area contributed by atoms with Gasteiger partial charge in [-0.1, -0.05) is 5.92 Å². The fourth-order valence-corrected chi connectivity index (χ4v) is 2.88. The number of hydrogen-bond donors (Lipinski definition) is 3. The average Bonchev–Trinajstić information content (AvgIpc) is 2.55. The highest BCUT2D eigenvalue weighted by Gasteiger charge is 2.31. The zero-order chi connectivity index (χ0) is 19.0. The number of carbonyl (C=O) groups is 2. The van der Waals surface area contributed by atoms with Crippen molar-refractivity contribution in [3.63, 3.8) is 0 Å². The molecule has 2 atom stereocenters. The summed E-state index contributed by atoms with van der Waals surface area (Å²) in [4.78, 5) is 22.9. The molecular weight excluding hydrogens is 355 g/mol. The summed E-state index contributed by atoms with van der Waals surface area (Å²) in [5.41, 5.74) is 0. The predicted octanol–water partition coefficient (Wildman–Crippen LogP) is -0.854. The molecule has 0 fully saturated rings. The SMILES string of the molecule is C#CCNC(=O)COC(=O)[C@@H](NS(=O)(=O)c1ccc(F)cc1)[C@H](C)O. The first-order chi connectivity index (χ1) is 11.7. The molecule has 3 N–H and O–H groups in total. The van der Waals surface area contributed by atoms with E-state index in [1.807, 2.05) is 4.72 Å². The lowest BCUT2D eigenvalue weighted by molar-refractivity contribution is -0.152. The maximum atomic E-state index is 12.9. The van der Waals surface area contributed by atoms with E-state index in [-0.39, 0.29) is 11.4 Å². The van der Waals surface area contributed by atoms with Crippen LogP contribution in [0, 0.1) is 18.2 Å². The Balaban J connectivity index is 2.79. The molecular formula is C15H17FN2O6S. The highest BCUT2D eigenvalue weighted by atomic mass is 32.2. The Morgan fingerprint density at radius 1 is 1.36 bits per heavy atom. The first-order valence-corrected chi connectivity index (χ1v) is 8.48. The molecule has 136 valence electrons.